The molecule has 0 saturated heterocycles. The fourth-order valence-electron chi connectivity index (χ4n) is 2.50. The van der Waals surface area contributed by atoms with Gasteiger partial charge in [-0.3, -0.25) is 4.79 Å². The van der Waals surface area contributed by atoms with Gasteiger partial charge in [-0.1, -0.05) is 55.0 Å². The summed E-state index contributed by atoms with van der Waals surface area (Å²) in [6, 6.07) is 15.3. The number of hydrogen-bond donors (Lipinski definition) is 1. The van der Waals surface area contributed by atoms with Gasteiger partial charge in [0.05, 0.1) is 6.04 Å². The number of esters is 1. The molecule has 0 bridgehead atoms. The molecule has 5 nitrogen and oxygen atoms in total. The molecule has 0 saturated carbocycles. The largest absolute Gasteiger partial charge is 0.482 e. The van der Waals surface area contributed by atoms with Gasteiger partial charge in [-0.25, -0.2) is 4.79 Å². The van der Waals surface area contributed by atoms with E-state index in [9.17, 15) is 9.59 Å². The fraction of sp³-hybridized carbons (Fsp3) is 0.333. The zero-order valence-electron chi connectivity index (χ0n) is 15.5. The number of rotatable bonds is 8. The van der Waals surface area contributed by atoms with Crippen LogP contribution in [0.5, 0.6) is 5.75 Å². The van der Waals surface area contributed by atoms with Crippen molar-refractivity contribution in [2.75, 3.05) is 13.2 Å². The lowest BCUT2D eigenvalue weighted by atomic mass is 10.0. The second-order valence-corrected chi connectivity index (χ2v) is 6.15. The first-order chi connectivity index (χ1) is 12.5. The molecule has 1 N–H and O–H groups in total. The van der Waals surface area contributed by atoms with Gasteiger partial charge in [0.15, 0.2) is 13.2 Å². The number of hydrogen-bond acceptors (Lipinski definition) is 4. The molecule has 138 valence electrons. The van der Waals surface area contributed by atoms with E-state index < -0.39 is 5.97 Å². The molecule has 0 aromatic heterocycles. The Bertz CT molecular complexity index is 740. The molecular formula is C21H25NO4. The fourth-order valence-corrected chi connectivity index (χ4v) is 2.50. The lowest BCUT2D eigenvalue weighted by molar-refractivity contribution is -0.150. The molecule has 2 aromatic rings. The van der Waals surface area contributed by atoms with Gasteiger partial charge in [-0.05, 0) is 37.5 Å². The number of ether oxygens (including phenoxy) is 2. The van der Waals surface area contributed by atoms with Gasteiger partial charge in [0.1, 0.15) is 5.75 Å². The molecule has 2 aromatic carbocycles. The van der Waals surface area contributed by atoms with Crippen LogP contribution in [0.2, 0.25) is 0 Å². The minimum absolute atomic E-state index is 0.106. The van der Waals surface area contributed by atoms with Gasteiger partial charge in [-0.2, -0.15) is 0 Å². The number of carbonyl (C=O) groups is 2. The Morgan fingerprint density at radius 1 is 1.00 bits per heavy atom. The molecule has 0 unspecified atom stereocenters. The summed E-state index contributed by atoms with van der Waals surface area (Å²) in [5, 5.41) is 2.88. The zero-order chi connectivity index (χ0) is 18.9. The second-order valence-electron chi connectivity index (χ2n) is 6.15. The molecule has 0 radical (unpaired) electrons. The molecule has 5 heteroatoms. The summed E-state index contributed by atoms with van der Waals surface area (Å²) in [4.78, 5) is 23.8. The van der Waals surface area contributed by atoms with Crippen LogP contribution in [0.15, 0.2) is 48.5 Å². The highest BCUT2D eigenvalue weighted by atomic mass is 16.6. The van der Waals surface area contributed by atoms with E-state index in [4.69, 9.17) is 9.47 Å². The minimum Gasteiger partial charge on any atom is -0.482 e. The Labute approximate surface area is 154 Å². The predicted octanol–water partition coefficient (Wildman–Crippen LogP) is 3.49. The third-order valence-corrected chi connectivity index (χ3v) is 4.03. The summed E-state index contributed by atoms with van der Waals surface area (Å²) in [5.74, 6) is -0.284. The zero-order valence-corrected chi connectivity index (χ0v) is 15.5. The van der Waals surface area contributed by atoms with Crippen molar-refractivity contribution in [3.05, 3.63) is 65.2 Å². The van der Waals surface area contributed by atoms with E-state index in [1.54, 1.807) is 6.07 Å². The highest BCUT2D eigenvalue weighted by Crippen LogP contribution is 2.17. The van der Waals surface area contributed by atoms with E-state index in [0.29, 0.717) is 5.75 Å². The summed E-state index contributed by atoms with van der Waals surface area (Å²) in [7, 11) is 0. The molecule has 0 aliphatic rings. The Morgan fingerprint density at radius 2 is 1.69 bits per heavy atom. The highest BCUT2D eigenvalue weighted by Gasteiger charge is 2.14. The smallest absolute Gasteiger partial charge is 0.344 e. The predicted molar refractivity (Wildman–Crippen MR) is 100.0 cm³/mol. The molecule has 1 amide bonds. The monoisotopic (exact) mass is 355 g/mol. The van der Waals surface area contributed by atoms with Crippen LogP contribution in [0.1, 0.15) is 36.1 Å². The summed E-state index contributed by atoms with van der Waals surface area (Å²) in [6.45, 7) is 5.35. The average Bonchev–Trinajstić information content (AvgIpc) is 2.64. The van der Waals surface area contributed by atoms with Crippen molar-refractivity contribution in [2.45, 2.75) is 33.2 Å². The molecule has 26 heavy (non-hydrogen) atoms. The minimum atomic E-state index is -0.577. The number of benzene rings is 2. The molecule has 0 fully saturated rings. The van der Waals surface area contributed by atoms with Crippen LogP contribution in [-0.2, 0) is 14.3 Å². The van der Waals surface area contributed by atoms with Crippen LogP contribution in [0.25, 0.3) is 0 Å². The normalized spacial score (nSPS) is 11.5. The first kappa shape index (κ1) is 19.5. The quantitative estimate of drug-likeness (QED) is 0.736. The van der Waals surface area contributed by atoms with Crippen molar-refractivity contribution in [2.24, 2.45) is 0 Å². The van der Waals surface area contributed by atoms with Gasteiger partial charge < -0.3 is 14.8 Å². The molecule has 2 rings (SSSR count). The third-order valence-electron chi connectivity index (χ3n) is 4.03. The maximum absolute atomic E-state index is 12.1. The summed E-state index contributed by atoms with van der Waals surface area (Å²) in [6.07, 6.45) is 0.749. The van der Waals surface area contributed by atoms with Crippen LogP contribution < -0.4 is 10.1 Å². The SMILES string of the molecule is CC[C@@H](NC(=O)COC(=O)COc1ccccc1C)c1ccc(C)cc1. The summed E-state index contributed by atoms with van der Waals surface area (Å²) >= 11 is 0. The molecule has 0 spiro atoms. The Morgan fingerprint density at radius 3 is 2.35 bits per heavy atom. The number of nitrogens with one attached hydrogen (secondary N) is 1. The van der Waals surface area contributed by atoms with Crippen LogP contribution in [0.3, 0.4) is 0 Å². The number of para-hydroxylation sites is 1. The summed E-state index contributed by atoms with van der Waals surface area (Å²) in [5.41, 5.74) is 3.13. The van der Waals surface area contributed by atoms with E-state index in [2.05, 4.69) is 5.32 Å². The Kier molecular flexibility index (Phi) is 7.21. The Hall–Kier alpha value is -2.82. The maximum Gasteiger partial charge on any atom is 0.344 e. The second kappa shape index (κ2) is 9.61. The molecule has 0 aliphatic carbocycles. The third kappa shape index (κ3) is 5.92. The van der Waals surface area contributed by atoms with Crippen molar-refractivity contribution in [1.29, 1.82) is 0 Å². The van der Waals surface area contributed by atoms with E-state index in [-0.39, 0.29) is 25.2 Å². The first-order valence-corrected chi connectivity index (χ1v) is 8.69. The topological polar surface area (TPSA) is 64.6 Å². The van der Waals surface area contributed by atoms with Crippen LogP contribution in [0.4, 0.5) is 0 Å². The number of aryl methyl sites for hydroxylation is 2. The van der Waals surface area contributed by atoms with Crippen LogP contribution in [-0.4, -0.2) is 25.1 Å². The van der Waals surface area contributed by atoms with E-state index in [1.807, 2.05) is 63.2 Å². The van der Waals surface area contributed by atoms with Crippen molar-refractivity contribution < 1.29 is 19.1 Å². The van der Waals surface area contributed by atoms with Crippen LogP contribution >= 0.6 is 0 Å². The van der Waals surface area contributed by atoms with Gasteiger partial charge in [0, 0.05) is 0 Å². The maximum atomic E-state index is 12.1. The van der Waals surface area contributed by atoms with Gasteiger partial charge in [0.2, 0.25) is 0 Å². The van der Waals surface area contributed by atoms with Gasteiger partial charge >= 0.3 is 5.97 Å². The van der Waals surface area contributed by atoms with Crippen molar-refractivity contribution >= 4 is 11.9 Å². The van der Waals surface area contributed by atoms with Gasteiger partial charge in [-0.15, -0.1) is 0 Å². The van der Waals surface area contributed by atoms with Crippen molar-refractivity contribution in [3.8, 4) is 5.75 Å². The molecular weight excluding hydrogens is 330 g/mol. The highest BCUT2D eigenvalue weighted by molar-refractivity contribution is 5.81. The molecule has 0 aliphatic heterocycles. The first-order valence-electron chi connectivity index (χ1n) is 8.69. The number of carbonyl (C=O) groups excluding carboxylic acids is 2. The average molecular weight is 355 g/mol. The van der Waals surface area contributed by atoms with Crippen LogP contribution in [0, 0.1) is 13.8 Å². The number of amides is 1. The van der Waals surface area contributed by atoms with E-state index in [1.165, 1.54) is 0 Å². The lowest BCUT2D eigenvalue weighted by Gasteiger charge is -2.17. The van der Waals surface area contributed by atoms with E-state index >= 15 is 0 Å². The van der Waals surface area contributed by atoms with E-state index in [0.717, 1.165) is 23.1 Å². The Balaban J connectivity index is 1.77. The molecule has 0 heterocycles. The van der Waals surface area contributed by atoms with Gasteiger partial charge in [0.25, 0.3) is 5.91 Å². The lowest BCUT2D eigenvalue weighted by Crippen LogP contribution is -2.33. The van der Waals surface area contributed by atoms with Crippen molar-refractivity contribution in [1.82, 2.24) is 5.32 Å². The van der Waals surface area contributed by atoms with Crippen molar-refractivity contribution in [3.63, 3.8) is 0 Å². The summed E-state index contributed by atoms with van der Waals surface area (Å²) < 4.78 is 10.4. The standard InChI is InChI=1S/C21H25NO4/c1-4-18(17-11-9-15(2)10-12-17)22-20(23)13-26-21(24)14-25-19-8-6-5-7-16(19)3/h5-12,18H,4,13-14H2,1-3H3,(H,22,23)/t18-/m1/s1. The molecule has 1 atom stereocenters.